The van der Waals surface area contributed by atoms with E-state index in [1.807, 2.05) is 17.5 Å². The lowest BCUT2D eigenvalue weighted by atomic mass is 10.2. The molecule has 0 unspecified atom stereocenters. The van der Waals surface area contributed by atoms with Gasteiger partial charge in [0.15, 0.2) is 5.82 Å². The first kappa shape index (κ1) is 10.7. The standard InChI is InChI=1S/C12H11N3S2/c1-6-7(2)17-12-9(6)10(13)14-11(15-12)8-4-3-5-16-8/h3-5H,1-2H3,(H2,13,14,15). The summed E-state index contributed by atoms with van der Waals surface area (Å²) in [7, 11) is 0. The number of hydrogen-bond donors (Lipinski definition) is 1. The SMILES string of the molecule is Cc1sc2nc(-c3cccs3)nc(N)c2c1C. The zero-order chi connectivity index (χ0) is 12.0. The maximum atomic E-state index is 6.04. The average molecular weight is 261 g/mol. The van der Waals surface area contributed by atoms with Gasteiger partial charge in [0.2, 0.25) is 0 Å². The van der Waals surface area contributed by atoms with Crippen LogP contribution in [0.3, 0.4) is 0 Å². The highest BCUT2D eigenvalue weighted by molar-refractivity contribution is 7.19. The highest BCUT2D eigenvalue weighted by Crippen LogP contribution is 2.34. The van der Waals surface area contributed by atoms with Gasteiger partial charge in [0, 0.05) is 4.88 Å². The lowest BCUT2D eigenvalue weighted by Gasteiger charge is -2.00. The third-order valence-corrected chi connectivity index (χ3v) is 4.77. The maximum Gasteiger partial charge on any atom is 0.173 e. The van der Waals surface area contributed by atoms with Crippen molar-refractivity contribution in [2.75, 3.05) is 5.73 Å². The van der Waals surface area contributed by atoms with Crippen LogP contribution in [0.2, 0.25) is 0 Å². The summed E-state index contributed by atoms with van der Waals surface area (Å²) in [5.41, 5.74) is 7.23. The van der Waals surface area contributed by atoms with E-state index in [0.717, 1.165) is 20.9 Å². The number of fused-ring (bicyclic) bond motifs is 1. The van der Waals surface area contributed by atoms with E-state index in [0.29, 0.717) is 5.82 Å². The molecule has 0 bridgehead atoms. The van der Waals surface area contributed by atoms with E-state index in [2.05, 4.69) is 23.8 Å². The van der Waals surface area contributed by atoms with Crippen LogP contribution in [0.25, 0.3) is 20.9 Å². The molecule has 0 aliphatic carbocycles. The van der Waals surface area contributed by atoms with E-state index in [9.17, 15) is 0 Å². The van der Waals surface area contributed by atoms with Gasteiger partial charge < -0.3 is 5.73 Å². The minimum atomic E-state index is 0.584. The number of aryl methyl sites for hydroxylation is 2. The summed E-state index contributed by atoms with van der Waals surface area (Å²) in [5.74, 6) is 1.31. The molecule has 0 aromatic carbocycles. The Morgan fingerprint density at radius 1 is 1.24 bits per heavy atom. The fraction of sp³-hybridized carbons (Fsp3) is 0.167. The molecule has 0 spiro atoms. The second kappa shape index (κ2) is 3.78. The molecule has 3 aromatic rings. The van der Waals surface area contributed by atoms with Gasteiger partial charge in [-0.05, 0) is 30.9 Å². The Hall–Kier alpha value is -1.46. The smallest absolute Gasteiger partial charge is 0.173 e. The first-order chi connectivity index (χ1) is 8.16. The highest BCUT2D eigenvalue weighted by Gasteiger charge is 2.13. The molecule has 0 saturated carbocycles. The fourth-order valence-electron chi connectivity index (χ4n) is 1.80. The van der Waals surface area contributed by atoms with Crippen LogP contribution < -0.4 is 5.73 Å². The minimum absolute atomic E-state index is 0.584. The van der Waals surface area contributed by atoms with Crippen molar-refractivity contribution < 1.29 is 0 Å². The van der Waals surface area contributed by atoms with E-state index in [1.165, 1.54) is 10.4 Å². The molecule has 0 radical (unpaired) electrons. The number of anilines is 1. The van der Waals surface area contributed by atoms with Gasteiger partial charge in [0.25, 0.3) is 0 Å². The number of nitrogen functional groups attached to an aromatic ring is 1. The van der Waals surface area contributed by atoms with Crippen LogP contribution in [-0.4, -0.2) is 9.97 Å². The third-order valence-electron chi connectivity index (χ3n) is 2.80. The molecule has 0 atom stereocenters. The summed E-state index contributed by atoms with van der Waals surface area (Å²) in [4.78, 5) is 12.3. The van der Waals surface area contributed by atoms with Gasteiger partial charge in [0.1, 0.15) is 10.6 Å². The maximum absolute atomic E-state index is 6.04. The topological polar surface area (TPSA) is 51.8 Å². The normalized spacial score (nSPS) is 11.2. The van der Waals surface area contributed by atoms with Gasteiger partial charge in [-0.15, -0.1) is 22.7 Å². The molecule has 0 aliphatic rings. The Morgan fingerprint density at radius 2 is 2.06 bits per heavy atom. The van der Waals surface area contributed by atoms with Crippen LogP contribution in [-0.2, 0) is 0 Å². The molecule has 0 fully saturated rings. The van der Waals surface area contributed by atoms with Gasteiger partial charge in [-0.3, -0.25) is 0 Å². The number of hydrogen-bond acceptors (Lipinski definition) is 5. The van der Waals surface area contributed by atoms with Gasteiger partial charge in [-0.1, -0.05) is 6.07 Å². The molecule has 5 heteroatoms. The van der Waals surface area contributed by atoms with E-state index < -0.39 is 0 Å². The molecule has 3 nitrogen and oxygen atoms in total. The lowest BCUT2D eigenvalue weighted by Crippen LogP contribution is -1.95. The molecular formula is C12H11N3S2. The zero-order valence-corrected chi connectivity index (χ0v) is 11.2. The fourth-order valence-corrected chi connectivity index (χ4v) is 3.49. The van der Waals surface area contributed by atoms with E-state index in [4.69, 9.17) is 5.73 Å². The molecule has 2 N–H and O–H groups in total. The number of aromatic nitrogens is 2. The molecule has 0 saturated heterocycles. The summed E-state index contributed by atoms with van der Waals surface area (Å²) < 4.78 is 0. The third kappa shape index (κ3) is 1.62. The van der Waals surface area contributed by atoms with Gasteiger partial charge in [0.05, 0.1) is 10.3 Å². The molecule has 3 aromatic heterocycles. The molecule has 0 amide bonds. The summed E-state index contributed by atoms with van der Waals surface area (Å²) in [6, 6.07) is 4.01. The minimum Gasteiger partial charge on any atom is -0.383 e. The van der Waals surface area contributed by atoms with E-state index in [1.54, 1.807) is 22.7 Å². The Kier molecular flexibility index (Phi) is 2.38. The van der Waals surface area contributed by atoms with Crippen LogP contribution >= 0.6 is 22.7 Å². The first-order valence-electron chi connectivity index (χ1n) is 5.24. The Labute approximate surface area is 107 Å². The van der Waals surface area contributed by atoms with Gasteiger partial charge >= 0.3 is 0 Å². The molecular weight excluding hydrogens is 250 g/mol. The predicted octanol–water partition coefficient (Wildman–Crippen LogP) is 3.62. The largest absolute Gasteiger partial charge is 0.383 e. The van der Waals surface area contributed by atoms with Crippen molar-refractivity contribution >= 4 is 38.7 Å². The number of thiophene rings is 2. The van der Waals surface area contributed by atoms with Crippen LogP contribution in [0.1, 0.15) is 10.4 Å². The van der Waals surface area contributed by atoms with E-state index >= 15 is 0 Å². The summed E-state index contributed by atoms with van der Waals surface area (Å²) in [6.45, 7) is 4.16. The van der Waals surface area contributed by atoms with Crippen molar-refractivity contribution in [3.8, 4) is 10.7 Å². The Morgan fingerprint density at radius 3 is 2.76 bits per heavy atom. The van der Waals surface area contributed by atoms with Gasteiger partial charge in [-0.2, -0.15) is 0 Å². The second-order valence-corrected chi connectivity index (χ2v) is 6.02. The predicted molar refractivity (Wildman–Crippen MR) is 74.6 cm³/mol. The molecule has 3 heterocycles. The monoisotopic (exact) mass is 261 g/mol. The zero-order valence-electron chi connectivity index (χ0n) is 9.52. The Balaban J connectivity index is 2.32. The van der Waals surface area contributed by atoms with E-state index in [-0.39, 0.29) is 0 Å². The second-order valence-electron chi connectivity index (χ2n) is 3.87. The quantitative estimate of drug-likeness (QED) is 0.728. The van der Waals surface area contributed by atoms with Crippen molar-refractivity contribution in [2.45, 2.75) is 13.8 Å². The molecule has 17 heavy (non-hydrogen) atoms. The van der Waals surface area contributed by atoms with Crippen molar-refractivity contribution in [3.63, 3.8) is 0 Å². The first-order valence-corrected chi connectivity index (χ1v) is 6.93. The number of rotatable bonds is 1. The summed E-state index contributed by atoms with van der Waals surface area (Å²) in [5, 5.41) is 3.03. The van der Waals surface area contributed by atoms with Crippen molar-refractivity contribution in [1.29, 1.82) is 0 Å². The van der Waals surface area contributed by atoms with Crippen LogP contribution in [0, 0.1) is 13.8 Å². The average Bonchev–Trinajstić information content (AvgIpc) is 2.88. The molecule has 86 valence electrons. The highest BCUT2D eigenvalue weighted by atomic mass is 32.1. The van der Waals surface area contributed by atoms with Crippen molar-refractivity contribution in [1.82, 2.24) is 9.97 Å². The summed E-state index contributed by atoms with van der Waals surface area (Å²) >= 11 is 3.31. The van der Waals surface area contributed by atoms with Crippen molar-refractivity contribution in [2.24, 2.45) is 0 Å². The van der Waals surface area contributed by atoms with Crippen LogP contribution in [0.15, 0.2) is 17.5 Å². The van der Waals surface area contributed by atoms with Crippen LogP contribution in [0.4, 0.5) is 5.82 Å². The molecule has 3 rings (SSSR count). The number of nitrogens with zero attached hydrogens (tertiary/aromatic N) is 2. The molecule has 0 aliphatic heterocycles. The summed E-state index contributed by atoms with van der Waals surface area (Å²) in [6.07, 6.45) is 0. The lowest BCUT2D eigenvalue weighted by molar-refractivity contribution is 1.25. The van der Waals surface area contributed by atoms with Crippen LogP contribution in [0.5, 0.6) is 0 Å². The number of nitrogens with two attached hydrogens (primary N) is 1. The Bertz CT molecular complexity index is 683. The van der Waals surface area contributed by atoms with Gasteiger partial charge in [-0.25, -0.2) is 9.97 Å². The van der Waals surface area contributed by atoms with Crippen molar-refractivity contribution in [3.05, 3.63) is 28.0 Å².